The standard InChI is InChI=1S/C15H11NO2S2/c1-2-14(19-7-1)15-16-11(9-20-15)10-3-4-12-13(8-10)18-6-5-17-12/h1-4,7-9H,5-6H2. The molecule has 3 heterocycles. The van der Waals surface area contributed by atoms with Gasteiger partial charge in [0.15, 0.2) is 11.5 Å². The van der Waals surface area contributed by atoms with Crippen LogP contribution in [0.2, 0.25) is 0 Å². The summed E-state index contributed by atoms with van der Waals surface area (Å²) in [5, 5.41) is 5.21. The second kappa shape index (κ2) is 4.92. The van der Waals surface area contributed by atoms with E-state index in [0.717, 1.165) is 27.8 Å². The number of thiophene rings is 1. The molecular formula is C15H11NO2S2. The highest BCUT2D eigenvalue weighted by atomic mass is 32.1. The lowest BCUT2D eigenvalue weighted by Crippen LogP contribution is -2.15. The molecule has 0 saturated carbocycles. The quantitative estimate of drug-likeness (QED) is 0.707. The summed E-state index contributed by atoms with van der Waals surface area (Å²) in [6.45, 7) is 1.22. The normalized spacial score (nSPS) is 13.4. The maximum absolute atomic E-state index is 5.62. The van der Waals surface area contributed by atoms with E-state index in [4.69, 9.17) is 14.5 Å². The summed E-state index contributed by atoms with van der Waals surface area (Å²) in [6.07, 6.45) is 0. The van der Waals surface area contributed by atoms with E-state index in [9.17, 15) is 0 Å². The van der Waals surface area contributed by atoms with Crippen molar-refractivity contribution in [1.29, 1.82) is 0 Å². The highest BCUT2D eigenvalue weighted by molar-refractivity contribution is 7.20. The first-order chi connectivity index (χ1) is 9.90. The SMILES string of the molecule is c1csc(-c2nc(-c3ccc4c(c3)OCCO4)cs2)c1. The van der Waals surface area contributed by atoms with Gasteiger partial charge in [0.2, 0.25) is 0 Å². The van der Waals surface area contributed by atoms with Crippen LogP contribution in [0.15, 0.2) is 41.1 Å². The molecule has 1 aliphatic heterocycles. The minimum atomic E-state index is 0.605. The number of hydrogen-bond acceptors (Lipinski definition) is 5. The van der Waals surface area contributed by atoms with E-state index in [1.54, 1.807) is 22.7 Å². The van der Waals surface area contributed by atoms with Gasteiger partial charge < -0.3 is 9.47 Å². The molecule has 5 heteroatoms. The van der Waals surface area contributed by atoms with E-state index < -0.39 is 0 Å². The van der Waals surface area contributed by atoms with Gasteiger partial charge in [-0.1, -0.05) is 6.07 Å². The molecule has 4 rings (SSSR count). The number of hydrogen-bond donors (Lipinski definition) is 0. The molecule has 3 aromatic rings. The van der Waals surface area contributed by atoms with Gasteiger partial charge in [0.05, 0.1) is 10.6 Å². The zero-order valence-electron chi connectivity index (χ0n) is 10.5. The van der Waals surface area contributed by atoms with E-state index in [1.165, 1.54) is 4.88 Å². The topological polar surface area (TPSA) is 31.4 Å². The summed E-state index contributed by atoms with van der Waals surface area (Å²) >= 11 is 3.38. The van der Waals surface area contributed by atoms with Crippen molar-refractivity contribution in [3.63, 3.8) is 0 Å². The lowest BCUT2D eigenvalue weighted by Gasteiger charge is -2.18. The van der Waals surface area contributed by atoms with Crippen molar-refractivity contribution in [2.45, 2.75) is 0 Å². The van der Waals surface area contributed by atoms with Gasteiger partial charge in [-0.25, -0.2) is 4.98 Å². The molecule has 0 saturated heterocycles. The molecule has 1 aromatic carbocycles. The Morgan fingerprint density at radius 3 is 2.75 bits per heavy atom. The van der Waals surface area contributed by atoms with Crippen molar-refractivity contribution in [1.82, 2.24) is 4.98 Å². The third-order valence-corrected chi connectivity index (χ3v) is 4.96. The fraction of sp³-hybridized carbons (Fsp3) is 0.133. The van der Waals surface area contributed by atoms with Crippen LogP contribution in [0.1, 0.15) is 0 Å². The first-order valence-corrected chi connectivity index (χ1v) is 8.05. The summed E-state index contributed by atoms with van der Waals surface area (Å²) in [7, 11) is 0. The number of rotatable bonds is 2. The predicted octanol–water partition coefficient (Wildman–Crippen LogP) is 4.31. The van der Waals surface area contributed by atoms with Gasteiger partial charge in [0.25, 0.3) is 0 Å². The largest absolute Gasteiger partial charge is 0.486 e. The van der Waals surface area contributed by atoms with Crippen molar-refractivity contribution < 1.29 is 9.47 Å². The molecule has 0 fully saturated rings. The van der Waals surface area contributed by atoms with Crippen LogP contribution >= 0.6 is 22.7 Å². The minimum Gasteiger partial charge on any atom is -0.486 e. The first-order valence-electron chi connectivity index (χ1n) is 6.29. The van der Waals surface area contributed by atoms with Gasteiger partial charge in [-0.05, 0) is 29.6 Å². The Balaban J connectivity index is 1.71. The van der Waals surface area contributed by atoms with Gasteiger partial charge in [0, 0.05) is 10.9 Å². The number of nitrogens with zero attached hydrogens (tertiary/aromatic N) is 1. The van der Waals surface area contributed by atoms with Crippen molar-refractivity contribution in [3.8, 4) is 32.6 Å². The Kier molecular flexibility index (Phi) is 2.94. The van der Waals surface area contributed by atoms with Gasteiger partial charge in [-0.3, -0.25) is 0 Å². The van der Waals surface area contributed by atoms with Crippen LogP contribution in [0.3, 0.4) is 0 Å². The Morgan fingerprint density at radius 2 is 1.90 bits per heavy atom. The first kappa shape index (κ1) is 11.9. The number of ether oxygens (including phenoxy) is 2. The summed E-state index contributed by atoms with van der Waals surface area (Å²) in [4.78, 5) is 5.91. The van der Waals surface area contributed by atoms with E-state index in [2.05, 4.69) is 16.8 Å². The third kappa shape index (κ3) is 2.09. The van der Waals surface area contributed by atoms with E-state index in [0.29, 0.717) is 13.2 Å². The molecule has 1 aliphatic rings. The van der Waals surface area contributed by atoms with E-state index in [1.807, 2.05) is 24.3 Å². The Bertz CT molecular complexity index is 734. The van der Waals surface area contributed by atoms with Crippen molar-refractivity contribution in [2.75, 3.05) is 13.2 Å². The number of fused-ring (bicyclic) bond motifs is 1. The molecule has 3 nitrogen and oxygen atoms in total. The highest BCUT2D eigenvalue weighted by Crippen LogP contribution is 2.36. The van der Waals surface area contributed by atoms with Gasteiger partial charge in [0.1, 0.15) is 18.2 Å². The van der Waals surface area contributed by atoms with Gasteiger partial charge in [-0.15, -0.1) is 22.7 Å². The fourth-order valence-electron chi connectivity index (χ4n) is 2.12. The van der Waals surface area contributed by atoms with Crippen LogP contribution in [0.5, 0.6) is 11.5 Å². The molecule has 0 unspecified atom stereocenters. The molecule has 100 valence electrons. The monoisotopic (exact) mass is 301 g/mol. The molecule has 0 radical (unpaired) electrons. The maximum Gasteiger partial charge on any atom is 0.162 e. The van der Waals surface area contributed by atoms with Crippen LogP contribution < -0.4 is 9.47 Å². The zero-order valence-corrected chi connectivity index (χ0v) is 12.2. The molecule has 2 aromatic heterocycles. The third-order valence-electron chi connectivity index (χ3n) is 3.07. The van der Waals surface area contributed by atoms with Crippen LogP contribution in [-0.4, -0.2) is 18.2 Å². The average molecular weight is 301 g/mol. The fourth-order valence-corrected chi connectivity index (χ4v) is 3.77. The number of benzene rings is 1. The summed E-state index contributed by atoms with van der Waals surface area (Å²) in [5.41, 5.74) is 2.05. The Morgan fingerprint density at radius 1 is 1.00 bits per heavy atom. The number of thiazole rings is 1. The minimum absolute atomic E-state index is 0.605. The number of aromatic nitrogens is 1. The highest BCUT2D eigenvalue weighted by Gasteiger charge is 2.14. The van der Waals surface area contributed by atoms with Crippen LogP contribution in [-0.2, 0) is 0 Å². The summed E-state index contributed by atoms with van der Waals surface area (Å²) < 4.78 is 11.2. The smallest absolute Gasteiger partial charge is 0.162 e. The molecule has 20 heavy (non-hydrogen) atoms. The molecule has 0 aliphatic carbocycles. The lowest BCUT2D eigenvalue weighted by atomic mass is 10.1. The molecule has 0 N–H and O–H groups in total. The summed E-state index contributed by atoms with van der Waals surface area (Å²) in [6, 6.07) is 10.1. The predicted molar refractivity (Wildman–Crippen MR) is 81.9 cm³/mol. The second-order valence-corrected chi connectivity index (χ2v) is 6.18. The van der Waals surface area contributed by atoms with Crippen LogP contribution in [0, 0.1) is 0 Å². The summed E-state index contributed by atoms with van der Waals surface area (Å²) in [5.74, 6) is 1.62. The average Bonchev–Trinajstić information content (AvgIpc) is 3.17. The van der Waals surface area contributed by atoms with Gasteiger partial charge >= 0.3 is 0 Å². The van der Waals surface area contributed by atoms with Crippen molar-refractivity contribution in [2.24, 2.45) is 0 Å². The van der Waals surface area contributed by atoms with Crippen molar-refractivity contribution in [3.05, 3.63) is 41.1 Å². The molecular weight excluding hydrogens is 290 g/mol. The molecule has 0 atom stereocenters. The zero-order chi connectivity index (χ0) is 13.4. The van der Waals surface area contributed by atoms with Crippen LogP contribution in [0.25, 0.3) is 21.1 Å². The van der Waals surface area contributed by atoms with E-state index >= 15 is 0 Å². The molecule has 0 amide bonds. The molecule has 0 bridgehead atoms. The van der Waals surface area contributed by atoms with Crippen molar-refractivity contribution >= 4 is 22.7 Å². The van der Waals surface area contributed by atoms with Gasteiger partial charge in [-0.2, -0.15) is 0 Å². The maximum atomic E-state index is 5.62. The van der Waals surface area contributed by atoms with Crippen LogP contribution in [0.4, 0.5) is 0 Å². The Hall–Kier alpha value is -1.85. The Labute approximate surface area is 124 Å². The second-order valence-electron chi connectivity index (χ2n) is 4.37. The van der Waals surface area contributed by atoms with E-state index in [-0.39, 0.29) is 0 Å². The molecule has 0 spiro atoms. The lowest BCUT2D eigenvalue weighted by molar-refractivity contribution is 0.171.